The maximum absolute atomic E-state index is 12.7. The topological polar surface area (TPSA) is 65.4 Å². The zero-order chi connectivity index (χ0) is 17.2. The summed E-state index contributed by atoms with van der Waals surface area (Å²) in [6.45, 7) is 0. The fourth-order valence-corrected chi connectivity index (χ4v) is 1.95. The molecule has 0 atom stereocenters. The summed E-state index contributed by atoms with van der Waals surface area (Å²) in [7, 11) is 4.01. The highest BCUT2D eigenvalue weighted by Crippen LogP contribution is 2.31. The number of benzene rings is 1. The molecule has 1 heterocycles. The van der Waals surface area contributed by atoms with Crippen LogP contribution in [0.25, 0.3) is 0 Å². The fourth-order valence-electron chi connectivity index (χ4n) is 1.95. The van der Waals surface area contributed by atoms with Crippen LogP contribution in [0.4, 0.5) is 18.9 Å². The highest BCUT2D eigenvalue weighted by molar-refractivity contribution is 6.03. The molecule has 0 spiro atoms. The van der Waals surface area contributed by atoms with Crippen molar-refractivity contribution in [3.63, 3.8) is 0 Å². The van der Waals surface area contributed by atoms with E-state index >= 15 is 0 Å². The minimum atomic E-state index is -4.58. The second-order valence-corrected chi connectivity index (χ2v) is 4.56. The van der Waals surface area contributed by atoms with Crippen LogP contribution in [0.15, 0.2) is 24.3 Å². The number of amides is 1. The van der Waals surface area contributed by atoms with Crippen molar-refractivity contribution in [3.05, 3.63) is 35.7 Å². The molecule has 1 N–H and O–H groups in total. The van der Waals surface area contributed by atoms with Gasteiger partial charge in [0.2, 0.25) is 0 Å². The van der Waals surface area contributed by atoms with E-state index in [4.69, 9.17) is 9.47 Å². The van der Waals surface area contributed by atoms with Crippen molar-refractivity contribution in [2.24, 2.45) is 7.05 Å². The number of ether oxygens (including phenoxy) is 2. The monoisotopic (exact) mass is 329 g/mol. The maximum atomic E-state index is 12.7. The largest absolute Gasteiger partial charge is 0.493 e. The lowest BCUT2D eigenvalue weighted by atomic mass is 10.2. The first kappa shape index (κ1) is 16.7. The Labute approximate surface area is 129 Å². The molecule has 0 saturated carbocycles. The van der Waals surface area contributed by atoms with E-state index < -0.39 is 17.8 Å². The van der Waals surface area contributed by atoms with Gasteiger partial charge in [0.25, 0.3) is 5.91 Å². The van der Waals surface area contributed by atoms with E-state index in [0.29, 0.717) is 27.9 Å². The van der Waals surface area contributed by atoms with Gasteiger partial charge in [-0.15, -0.1) is 0 Å². The second-order valence-electron chi connectivity index (χ2n) is 4.56. The summed E-state index contributed by atoms with van der Waals surface area (Å²) in [5, 5.41) is 6.04. The van der Waals surface area contributed by atoms with Gasteiger partial charge in [0, 0.05) is 24.9 Å². The van der Waals surface area contributed by atoms with Gasteiger partial charge in [0.15, 0.2) is 17.2 Å². The molecule has 1 aromatic carbocycles. The number of aryl methyl sites for hydroxylation is 1. The van der Waals surface area contributed by atoms with Crippen LogP contribution in [0.1, 0.15) is 16.2 Å². The summed E-state index contributed by atoms with van der Waals surface area (Å²) in [4.78, 5) is 12.0. The third kappa shape index (κ3) is 3.55. The lowest BCUT2D eigenvalue weighted by molar-refractivity contribution is -0.143. The van der Waals surface area contributed by atoms with Gasteiger partial charge in [0.05, 0.1) is 14.2 Å². The molecule has 0 aliphatic heterocycles. The Morgan fingerprint density at radius 2 is 1.83 bits per heavy atom. The van der Waals surface area contributed by atoms with Crippen molar-refractivity contribution in [2.75, 3.05) is 19.5 Å². The van der Waals surface area contributed by atoms with Crippen molar-refractivity contribution in [1.82, 2.24) is 9.78 Å². The summed E-state index contributed by atoms with van der Waals surface area (Å²) in [5.74, 6) is 0.0771. The molecule has 0 saturated heterocycles. The quantitative estimate of drug-likeness (QED) is 0.937. The molecule has 6 nitrogen and oxygen atoms in total. The standard InChI is InChI=1S/C14H14F3N3O3/c1-20-12(14(15,16)17)7-9(19-20)13(21)18-8-4-5-10(22-2)11(6-8)23-3/h4-7H,1-3H3,(H,18,21). The molecule has 2 rings (SSSR count). The molecule has 0 bridgehead atoms. The summed E-state index contributed by atoms with van der Waals surface area (Å²) < 4.78 is 48.9. The molecule has 1 aromatic heterocycles. The first-order chi connectivity index (χ1) is 10.8. The summed E-state index contributed by atoms with van der Waals surface area (Å²) in [6.07, 6.45) is -4.58. The highest BCUT2D eigenvalue weighted by Gasteiger charge is 2.35. The smallest absolute Gasteiger partial charge is 0.433 e. The Kier molecular flexibility index (Phi) is 4.48. The Morgan fingerprint density at radius 1 is 1.17 bits per heavy atom. The third-order valence-corrected chi connectivity index (χ3v) is 3.04. The Bertz CT molecular complexity index is 726. The van der Waals surface area contributed by atoms with Crippen LogP contribution in [0.5, 0.6) is 11.5 Å². The zero-order valence-corrected chi connectivity index (χ0v) is 12.6. The molecular weight excluding hydrogens is 315 g/mol. The molecule has 124 valence electrons. The summed E-state index contributed by atoms with van der Waals surface area (Å²) >= 11 is 0. The lowest BCUT2D eigenvalue weighted by Gasteiger charge is -2.09. The van der Waals surface area contributed by atoms with Crippen LogP contribution in [0.2, 0.25) is 0 Å². The zero-order valence-electron chi connectivity index (χ0n) is 12.6. The summed E-state index contributed by atoms with van der Waals surface area (Å²) in [5.41, 5.74) is -1.00. The Morgan fingerprint density at radius 3 is 2.35 bits per heavy atom. The van der Waals surface area contributed by atoms with E-state index in [9.17, 15) is 18.0 Å². The minimum absolute atomic E-state index is 0.338. The van der Waals surface area contributed by atoms with E-state index in [1.165, 1.54) is 26.4 Å². The number of alkyl halides is 3. The van der Waals surface area contributed by atoms with Gasteiger partial charge in [-0.05, 0) is 12.1 Å². The van der Waals surface area contributed by atoms with Crippen LogP contribution >= 0.6 is 0 Å². The molecule has 1 amide bonds. The minimum Gasteiger partial charge on any atom is -0.493 e. The number of carbonyl (C=O) groups is 1. The van der Waals surface area contributed by atoms with Gasteiger partial charge in [-0.2, -0.15) is 18.3 Å². The molecule has 0 aliphatic rings. The normalized spacial score (nSPS) is 11.2. The van der Waals surface area contributed by atoms with E-state index in [0.717, 1.165) is 7.05 Å². The van der Waals surface area contributed by atoms with Crippen LogP contribution in [0.3, 0.4) is 0 Å². The number of carbonyl (C=O) groups excluding carboxylic acids is 1. The molecule has 9 heteroatoms. The number of nitrogens with one attached hydrogen (secondary N) is 1. The van der Waals surface area contributed by atoms with Gasteiger partial charge >= 0.3 is 6.18 Å². The second kappa shape index (κ2) is 6.19. The average Bonchev–Trinajstić information content (AvgIpc) is 2.89. The van der Waals surface area contributed by atoms with E-state index in [1.54, 1.807) is 6.07 Å². The van der Waals surface area contributed by atoms with Crippen LogP contribution in [0, 0.1) is 0 Å². The van der Waals surface area contributed by atoms with Crippen LogP contribution in [-0.4, -0.2) is 29.9 Å². The van der Waals surface area contributed by atoms with E-state index in [-0.39, 0.29) is 5.69 Å². The Balaban J connectivity index is 2.23. The van der Waals surface area contributed by atoms with Crippen LogP contribution in [-0.2, 0) is 13.2 Å². The van der Waals surface area contributed by atoms with Gasteiger partial charge in [0.1, 0.15) is 5.69 Å². The van der Waals surface area contributed by atoms with Gasteiger partial charge in [-0.3, -0.25) is 9.48 Å². The summed E-state index contributed by atoms with van der Waals surface area (Å²) in [6, 6.07) is 5.28. The lowest BCUT2D eigenvalue weighted by Crippen LogP contribution is -2.13. The number of hydrogen-bond donors (Lipinski definition) is 1. The molecular formula is C14H14F3N3O3. The number of halogens is 3. The number of nitrogens with zero attached hydrogens (tertiary/aromatic N) is 2. The number of methoxy groups -OCH3 is 2. The predicted molar refractivity (Wildman–Crippen MR) is 75.7 cm³/mol. The van der Waals surface area contributed by atoms with Gasteiger partial charge in [-0.1, -0.05) is 0 Å². The van der Waals surface area contributed by atoms with Crippen molar-refractivity contribution in [3.8, 4) is 11.5 Å². The Hall–Kier alpha value is -2.71. The molecule has 0 fully saturated rings. The first-order valence-corrected chi connectivity index (χ1v) is 6.41. The average molecular weight is 329 g/mol. The van der Waals surface area contributed by atoms with Gasteiger partial charge < -0.3 is 14.8 Å². The van der Waals surface area contributed by atoms with Crippen molar-refractivity contribution >= 4 is 11.6 Å². The van der Waals surface area contributed by atoms with Crippen LogP contribution < -0.4 is 14.8 Å². The third-order valence-electron chi connectivity index (χ3n) is 3.04. The molecule has 0 radical (unpaired) electrons. The number of anilines is 1. The maximum Gasteiger partial charge on any atom is 0.433 e. The van der Waals surface area contributed by atoms with Crippen molar-refractivity contribution in [2.45, 2.75) is 6.18 Å². The highest BCUT2D eigenvalue weighted by atomic mass is 19.4. The molecule has 0 unspecified atom stereocenters. The van der Waals surface area contributed by atoms with E-state index in [2.05, 4.69) is 10.4 Å². The molecule has 2 aromatic rings. The van der Waals surface area contributed by atoms with E-state index in [1.807, 2.05) is 0 Å². The first-order valence-electron chi connectivity index (χ1n) is 6.41. The SMILES string of the molecule is COc1ccc(NC(=O)c2cc(C(F)(F)F)n(C)n2)cc1OC. The predicted octanol–water partition coefficient (Wildman–Crippen LogP) is 2.71. The fraction of sp³-hybridized carbons (Fsp3) is 0.286. The number of rotatable bonds is 4. The molecule has 0 aliphatic carbocycles. The van der Waals surface area contributed by atoms with Crippen molar-refractivity contribution < 1.29 is 27.4 Å². The number of aromatic nitrogens is 2. The number of hydrogen-bond acceptors (Lipinski definition) is 4. The van der Waals surface area contributed by atoms with Gasteiger partial charge in [-0.25, -0.2) is 0 Å². The van der Waals surface area contributed by atoms with Crippen molar-refractivity contribution in [1.29, 1.82) is 0 Å². The molecule has 23 heavy (non-hydrogen) atoms.